The van der Waals surface area contributed by atoms with Gasteiger partial charge in [0, 0.05) is 23.4 Å². The molecule has 0 radical (unpaired) electrons. The van der Waals surface area contributed by atoms with Gasteiger partial charge in [0.15, 0.2) is 0 Å². The smallest absolute Gasteiger partial charge is 0.387 e. The molecule has 1 N–H and O–H groups in total. The summed E-state index contributed by atoms with van der Waals surface area (Å²) >= 11 is 0. The van der Waals surface area contributed by atoms with Crippen molar-refractivity contribution in [2.24, 2.45) is 0 Å². The van der Waals surface area contributed by atoms with Crippen LogP contribution in [0.25, 0.3) is 0 Å². The summed E-state index contributed by atoms with van der Waals surface area (Å²) in [4.78, 5) is 12.4. The van der Waals surface area contributed by atoms with Crippen LogP contribution in [0, 0.1) is 13.8 Å². The molecule has 3 rings (SSSR count). The van der Waals surface area contributed by atoms with Crippen molar-refractivity contribution in [3.05, 3.63) is 77.1 Å². The number of ether oxygens (including phenoxy) is 1. The van der Waals surface area contributed by atoms with E-state index in [1.807, 2.05) is 50.2 Å². The van der Waals surface area contributed by atoms with Gasteiger partial charge in [0.05, 0.1) is 5.69 Å². The molecule has 7 heteroatoms. The highest BCUT2D eigenvalue weighted by molar-refractivity contribution is 5.90. The predicted octanol–water partition coefficient (Wildman–Crippen LogP) is 4.33. The number of amides is 1. The average Bonchev–Trinajstić information content (AvgIpc) is 2.94. The third-order valence-corrected chi connectivity index (χ3v) is 4.19. The first kappa shape index (κ1) is 19.5. The fourth-order valence-electron chi connectivity index (χ4n) is 2.99. The van der Waals surface area contributed by atoms with Crippen molar-refractivity contribution >= 4 is 11.6 Å². The zero-order valence-electron chi connectivity index (χ0n) is 15.7. The number of anilines is 1. The van der Waals surface area contributed by atoms with Crippen LogP contribution in [0.4, 0.5) is 14.5 Å². The van der Waals surface area contributed by atoms with E-state index in [2.05, 4.69) is 15.2 Å². The minimum Gasteiger partial charge on any atom is -0.435 e. The molecule has 0 bridgehead atoms. The molecule has 5 nitrogen and oxygen atoms in total. The molecule has 0 aliphatic heterocycles. The Morgan fingerprint density at radius 3 is 2.54 bits per heavy atom. The lowest BCUT2D eigenvalue weighted by molar-refractivity contribution is -0.116. The van der Waals surface area contributed by atoms with Crippen LogP contribution in [-0.2, 0) is 17.8 Å². The molecule has 2 aromatic carbocycles. The van der Waals surface area contributed by atoms with E-state index in [0.717, 1.165) is 17.0 Å². The Hall–Kier alpha value is -3.22. The first-order valence-corrected chi connectivity index (χ1v) is 8.83. The number of aryl methyl sites for hydroxylation is 2. The molecule has 0 atom stereocenters. The summed E-state index contributed by atoms with van der Waals surface area (Å²) in [6, 6.07) is 16.0. The maximum atomic E-state index is 12.7. The Kier molecular flexibility index (Phi) is 6.03. The number of halogens is 2. The lowest BCUT2D eigenvalue weighted by Gasteiger charge is -2.14. The number of carbonyl (C=O) groups excluding carboxylic acids is 1. The summed E-state index contributed by atoms with van der Waals surface area (Å²) in [5.74, 6) is -0.158. The van der Waals surface area contributed by atoms with Crippen molar-refractivity contribution in [3.63, 3.8) is 0 Å². The zero-order valence-corrected chi connectivity index (χ0v) is 15.7. The fourth-order valence-corrected chi connectivity index (χ4v) is 2.99. The molecule has 0 saturated carbocycles. The van der Waals surface area contributed by atoms with Crippen molar-refractivity contribution in [3.8, 4) is 5.75 Å². The molecule has 146 valence electrons. The van der Waals surface area contributed by atoms with Crippen LogP contribution >= 0.6 is 0 Å². The lowest BCUT2D eigenvalue weighted by atomic mass is 10.0. The second-order valence-corrected chi connectivity index (χ2v) is 6.50. The summed E-state index contributed by atoms with van der Waals surface area (Å²) < 4.78 is 31.7. The van der Waals surface area contributed by atoms with E-state index in [1.165, 1.54) is 6.07 Å². The third-order valence-electron chi connectivity index (χ3n) is 4.19. The predicted molar refractivity (Wildman–Crippen MR) is 103 cm³/mol. The van der Waals surface area contributed by atoms with Crippen LogP contribution in [0.2, 0.25) is 0 Å². The van der Waals surface area contributed by atoms with Crippen LogP contribution in [0.3, 0.4) is 0 Å². The maximum absolute atomic E-state index is 12.7. The fraction of sp³-hybridized carbons (Fsp3) is 0.238. The molecule has 0 aliphatic rings. The molecule has 3 aromatic rings. The molecule has 1 aromatic heterocycles. The molecular formula is C21H21F2N3O2. The first-order chi connectivity index (χ1) is 13.4. The number of nitrogens with zero attached hydrogens (tertiary/aromatic N) is 2. The van der Waals surface area contributed by atoms with Gasteiger partial charge in [-0.05, 0) is 43.7 Å². The average molecular weight is 385 g/mol. The minimum absolute atomic E-state index is 0.0724. The van der Waals surface area contributed by atoms with Crippen molar-refractivity contribution in [2.45, 2.75) is 33.4 Å². The van der Waals surface area contributed by atoms with Crippen LogP contribution in [0.15, 0.2) is 54.6 Å². The second kappa shape index (κ2) is 8.65. The highest BCUT2D eigenvalue weighted by Crippen LogP contribution is 2.27. The number of rotatable bonds is 7. The highest BCUT2D eigenvalue weighted by Gasteiger charge is 2.13. The normalized spacial score (nSPS) is 10.9. The van der Waals surface area contributed by atoms with E-state index >= 15 is 0 Å². The first-order valence-electron chi connectivity index (χ1n) is 8.83. The van der Waals surface area contributed by atoms with Gasteiger partial charge in [-0.1, -0.05) is 30.3 Å². The van der Waals surface area contributed by atoms with Gasteiger partial charge < -0.3 is 10.1 Å². The number of carbonyl (C=O) groups is 1. The topological polar surface area (TPSA) is 56.2 Å². The SMILES string of the molecule is Cc1cc(C)n(CC(=O)Nc2ccc(OC(F)F)c(Cc3ccccc3)c2)n1. The van der Waals surface area contributed by atoms with E-state index in [-0.39, 0.29) is 18.2 Å². The summed E-state index contributed by atoms with van der Waals surface area (Å²) in [6.07, 6.45) is 0.407. The van der Waals surface area contributed by atoms with Gasteiger partial charge in [-0.25, -0.2) is 0 Å². The van der Waals surface area contributed by atoms with E-state index in [9.17, 15) is 13.6 Å². The largest absolute Gasteiger partial charge is 0.435 e. The van der Waals surface area contributed by atoms with Crippen LogP contribution in [0.1, 0.15) is 22.5 Å². The zero-order chi connectivity index (χ0) is 20.1. The Bertz CT molecular complexity index is 956. The molecule has 0 saturated heterocycles. The van der Waals surface area contributed by atoms with Crippen molar-refractivity contribution < 1.29 is 18.3 Å². The van der Waals surface area contributed by atoms with Gasteiger partial charge >= 0.3 is 6.61 Å². The highest BCUT2D eigenvalue weighted by atomic mass is 19.3. The standard InChI is InChI=1S/C21H21F2N3O2/c1-14-10-15(2)26(25-14)13-20(27)24-18-8-9-19(28-21(22)23)17(12-18)11-16-6-4-3-5-7-16/h3-10,12,21H,11,13H2,1-2H3,(H,24,27). The number of benzene rings is 2. The Labute approximate surface area is 161 Å². The van der Waals surface area contributed by atoms with E-state index in [0.29, 0.717) is 17.7 Å². The minimum atomic E-state index is -2.92. The van der Waals surface area contributed by atoms with Gasteiger partial charge in [0.2, 0.25) is 5.91 Å². The molecule has 0 spiro atoms. The number of hydrogen-bond acceptors (Lipinski definition) is 3. The van der Waals surface area contributed by atoms with Gasteiger partial charge in [-0.15, -0.1) is 0 Å². The summed E-state index contributed by atoms with van der Waals surface area (Å²) in [5.41, 5.74) is 3.75. The van der Waals surface area contributed by atoms with Crippen LogP contribution in [0.5, 0.6) is 5.75 Å². The molecule has 1 amide bonds. The van der Waals surface area contributed by atoms with Crippen molar-refractivity contribution in [1.29, 1.82) is 0 Å². The third kappa shape index (κ3) is 5.16. The van der Waals surface area contributed by atoms with Gasteiger partial charge in [0.25, 0.3) is 0 Å². The summed E-state index contributed by atoms with van der Waals surface area (Å²) in [5, 5.41) is 7.06. The van der Waals surface area contributed by atoms with Crippen LogP contribution < -0.4 is 10.1 Å². The molecule has 0 unspecified atom stereocenters. The Morgan fingerprint density at radius 2 is 1.89 bits per heavy atom. The van der Waals surface area contributed by atoms with Gasteiger partial charge in [-0.2, -0.15) is 13.9 Å². The van der Waals surface area contributed by atoms with Gasteiger partial charge in [0.1, 0.15) is 12.3 Å². The quantitative estimate of drug-likeness (QED) is 0.659. The Balaban J connectivity index is 1.78. The van der Waals surface area contributed by atoms with Crippen molar-refractivity contribution in [2.75, 3.05) is 5.32 Å². The molecule has 1 heterocycles. The monoisotopic (exact) mass is 385 g/mol. The number of alkyl halides is 2. The number of hydrogen-bond donors (Lipinski definition) is 1. The van der Waals surface area contributed by atoms with Crippen molar-refractivity contribution in [1.82, 2.24) is 9.78 Å². The lowest BCUT2D eigenvalue weighted by Crippen LogP contribution is -2.20. The Morgan fingerprint density at radius 1 is 1.14 bits per heavy atom. The van der Waals surface area contributed by atoms with E-state index < -0.39 is 6.61 Å². The van der Waals surface area contributed by atoms with Crippen LogP contribution in [-0.4, -0.2) is 22.3 Å². The maximum Gasteiger partial charge on any atom is 0.387 e. The van der Waals surface area contributed by atoms with E-state index in [1.54, 1.807) is 16.8 Å². The van der Waals surface area contributed by atoms with Gasteiger partial charge in [-0.3, -0.25) is 9.48 Å². The molecule has 0 fully saturated rings. The number of aromatic nitrogens is 2. The second-order valence-electron chi connectivity index (χ2n) is 6.50. The summed E-state index contributed by atoms with van der Waals surface area (Å²) in [6.45, 7) is 0.893. The molecule has 28 heavy (non-hydrogen) atoms. The van der Waals surface area contributed by atoms with E-state index in [4.69, 9.17) is 0 Å². The summed E-state index contributed by atoms with van der Waals surface area (Å²) in [7, 11) is 0. The molecular weight excluding hydrogens is 364 g/mol. The number of nitrogens with one attached hydrogen (secondary N) is 1. The molecule has 0 aliphatic carbocycles.